The molecule has 3 fully saturated rings. The van der Waals surface area contributed by atoms with E-state index in [1.165, 1.54) is 0 Å². The van der Waals surface area contributed by atoms with Gasteiger partial charge in [0.25, 0.3) is 5.91 Å². The summed E-state index contributed by atoms with van der Waals surface area (Å²) in [7, 11) is 7.78. The number of carbonyl (C=O) groups is 2. The van der Waals surface area contributed by atoms with E-state index in [1.807, 2.05) is 59.1 Å². The first-order valence-electron chi connectivity index (χ1n) is 11.3. The summed E-state index contributed by atoms with van der Waals surface area (Å²) < 4.78 is 0. The maximum atomic E-state index is 13.1. The van der Waals surface area contributed by atoms with Gasteiger partial charge in [-0.1, -0.05) is 26.5 Å². The number of hydrogen-bond donors (Lipinski definition) is 2. The van der Waals surface area contributed by atoms with Crippen molar-refractivity contribution in [2.75, 3.05) is 46.2 Å². The number of nitrogens with two attached hydrogens (primary N) is 1. The van der Waals surface area contributed by atoms with Crippen LogP contribution in [0, 0.1) is 11.3 Å². The fourth-order valence-corrected chi connectivity index (χ4v) is 4.72. The maximum Gasteiger partial charge on any atom is 0.274 e. The van der Waals surface area contributed by atoms with Crippen molar-refractivity contribution in [1.82, 2.24) is 25.0 Å². The highest BCUT2D eigenvalue weighted by molar-refractivity contribution is 5.95. The average Bonchev–Trinajstić information content (AvgIpc) is 3.51. The van der Waals surface area contributed by atoms with E-state index in [0.29, 0.717) is 29.7 Å². The van der Waals surface area contributed by atoms with Crippen molar-refractivity contribution in [3.05, 3.63) is 48.1 Å². The van der Waals surface area contributed by atoms with E-state index >= 15 is 0 Å². The number of rotatable bonds is 8. The molecule has 0 spiro atoms. The van der Waals surface area contributed by atoms with E-state index in [9.17, 15) is 9.59 Å². The molecule has 33 heavy (non-hydrogen) atoms. The molecule has 2 amide bonds. The predicted octanol–water partition coefficient (Wildman–Crippen LogP) is 1.02. The molecule has 2 saturated heterocycles. The van der Waals surface area contributed by atoms with Gasteiger partial charge in [0, 0.05) is 44.7 Å². The van der Waals surface area contributed by atoms with Crippen molar-refractivity contribution in [1.29, 1.82) is 0 Å². The predicted molar refractivity (Wildman–Crippen MR) is 128 cm³/mol. The molecule has 2 unspecified atom stereocenters. The zero-order valence-corrected chi connectivity index (χ0v) is 20.4. The Morgan fingerprint density at radius 3 is 2.55 bits per heavy atom. The summed E-state index contributed by atoms with van der Waals surface area (Å²) in [6.45, 7) is 9.47. The van der Waals surface area contributed by atoms with E-state index in [2.05, 4.69) is 26.7 Å². The minimum Gasteiger partial charge on any atom is -0.382 e. The zero-order chi connectivity index (χ0) is 24.3. The fourth-order valence-electron chi connectivity index (χ4n) is 4.72. The molecule has 1 saturated carbocycles. The van der Waals surface area contributed by atoms with Crippen LogP contribution in [0.15, 0.2) is 42.4 Å². The minimum atomic E-state index is -0.436. The molecule has 9 heteroatoms. The number of likely N-dealkylation sites (tertiary alicyclic amines) is 1. The molecule has 4 rings (SSSR count). The monoisotopic (exact) mass is 453 g/mol. The Labute approximate surface area is 195 Å². The Balaban J connectivity index is 1.47. The van der Waals surface area contributed by atoms with Crippen LogP contribution in [-0.2, 0) is 4.79 Å². The molecule has 2 aliphatic heterocycles. The summed E-state index contributed by atoms with van der Waals surface area (Å²) >= 11 is 0. The van der Waals surface area contributed by atoms with Crippen LogP contribution in [0.25, 0.3) is 0 Å². The number of amides is 2. The third kappa shape index (κ3) is 4.00. The molecule has 3 atom stereocenters. The lowest BCUT2D eigenvalue weighted by Gasteiger charge is -2.25. The van der Waals surface area contributed by atoms with Gasteiger partial charge in [-0.2, -0.15) is 0 Å². The van der Waals surface area contributed by atoms with Crippen LogP contribution < -0.4 is 16.0 Å². The van der Waals surface area contributed by atoms with Crippen molar-refractivity contribution >= 4 is 17.6 Å². The SMILES string of the molecule is C=C(/C(=C\N(C)C)NC(=O)c1cccc(N2C3C(CN(C)C)[C@]32N)n1)N1CCC(C)(C)C1=O. The molecule has 3 heterocycles. The summed E-state index contributed by atoms with van der Waals surface area (Å²) in [5, 5.41) is 2.91. The van der Waals surface area contributed by atoms with Gasteiger partial charge in [-0.3, -0.25) is 9.59 Å². The van der Waals surface area contributed by atoms with E-state index < -0.39 is 5.41 Å². The van der Waals surface area contributed by atoms with Gasteiger partial charge in [0.2, 0.25) is 5.91 Å². The Hall–Kier alpha value is -2.91. The lowest BCUT2D eigenvalue weighted by Crippen LogP contribution is -2.38. The van der Waals surface area contributed by atoms with Gasteiger partial charge in [-0.25, -0.2) is 4.98 Å². The second kappa shape index (κ2) is 7.85. The second-order valence-electron chi connectivity index (χ2n) is 10.4. The minimum absolute atomic E-state index is 0.00723. The number of fused-ring (bicyclic) bond motifs is 1. The van der Waals surface area contributed by atoms with Crippen molar-refractivity contribution in [3.8, 4) is 0 Å². The highest BCUT2D eigenvalue weighted by atomic mass is 16.2. The average molecular weight is 454 g/mol. The van der Waals surface area contributed by atoms with Gasteiger partial charge in [0.15, 0.2) is 0 Å². The summed E-state index contributed by atoms with van der Waals surface area (Å²) in [6.07, 6.45) is 2.49. The molecule has 0 radical (unpaired) electrons. The number of aromatic nitrogens is 1. The van der Waals surface area contributed by atoms with Crippen LogP contribution in [0.2, 0.25) is 0 Å². The van der Waals surface area contributed by atoms with Gasteiger partial charge >= 0.3 is 0 Å². The number of anilines is 1. The second-order valence-corrected chi connectivity index (χ2v) is 10.4. The summed E-state index contributed by atoms with van der Waals surface area (Å²) in [4.78, 5) is 38.1. The molecule has 3 aliphatic rings. The molecule has 1 aliphatic carbocycles. The molecule has 0 bridgehead atoms. The van der Waals surface area contributed by atoms with E-state index in [4.69, 9.17) is 5.73 Å². The molecular weight excluding hydrogens is 418 g/mol. The third-order valence-corrected chi connectivity index (χ3v) is 6.80. The lowest BCUT2D eigenvalue weighted by atomic mass is 9.92. The van der Waals surface area contributed by atoms with E-state index in [1.54, 1.807) is 17.2 Å². The fraction of sp³-hybridized carbons (Fsp3) is 0.542. The highest BCUT2D eigenvalue weighted by Gasteiger charge is 2.84. The van der Waals surface area contributed by atoms with E-state index in [-0.39, 0.29) is 29.2 Å². The van der Waals surface area contributed by atoms with Crippen molar-refractivity contribution < 1.29 is 9.59 Å². The number of pyridine rings is 1. The van der Waals surface area contributed by atoms with Crippen LogP contribution in [0.5, 0.6) is 0 Å². The van der Waals surface area contributed by atoms with Crippen LogP contribution in [-0.4, -0.2) is 84.5 Å². The van der Waals surface area contributed by atoms with Crippen LogP contribution in [0.1, 0.15) is 30.8 Å². The molecule has 1 aromatic rings. The quantitative estimate of drug-likeness (QED) is 0.448. The zero-order valence-electron chi connectivity index (χ0n) is 20.4. The molecule has 0 aromatic carbocycles. The van der Waals surface area contributed by atoms with Gasteiger partial charge in [0.05, 0.1) is 17.4 Å². The Morgan fingerprint density at radius 2 is 2.00 bits per heavy atom. The lowest BCUT2D eigenvalue weighted by molar-refractivity contribution is -0.132. The van der Waals surface area contributed by atoms with E-state index in [0.717, 1.165) is 13.0 Å². The van der Waals surface area contributed by atoms with Crippen molar-refractivity contribution in [2.24, 2.45) is 17.1 Å². The molecule has 1 aromatic heterocycles. The molecular formula is C24H35N7O2. The first kappa shape index (κ1) is 23.3. The highest BCUT2D eigenvalue weighted by Crippen LogP contribution is 2.65. The molecule has 9 nitrogen and oxygen atoms in total. The van der Waals surface area contributed by atoms with Crippen LogP contribution in [0.3, 0.4) is 0 Å². The first-order valence-corrected chi connectivity index (χ1v) is 11.3. The number of carbonyl (C=O) groups excluding carboxylic acids is 2. The number of hydrogen-bond acceptors (Lipinski definition) is 7. The Bertz CT molecular complexity index is 1030. The van der Waals surface area contributed by atoms with Crippen molar-refractivity contribution in [2.45, 2.75) is 32.0 Å². The van der Waals surface area contributed by atoms with Gasteiger partial charge in [0.1, 0.15) is 17.2 Å². The Morgan fingerprint density at radius 1 is 1.33 bits per heavy atom. The normalized spacial score (nSPS) is 27.5. The Kier molecular flexibility index (Phi) is 5.53. The van der Waals surface area contributed by atoms with Crippen molar-refractivity contribution in [3.63, 3.8) is 0 Å². The van der Waals surface area contributed by atoms with Gasteiger partial charge in [-0.15, -0.1) is 0 Å². The standard InChI is InChI=1S/C24H35N7O2/c1-15(30-12-11-23(2,3)22(30)33)18(14-29(6)7)27-21(32)17-9-8-10-19(26-17)31-20-16(13-28(4)5)24(20,31)25/h8-10,14,16,20H,1,11-13,25H2,2-7H3,(H,27,32)/b18-14+/t16?,20?,24-,31?/m1/s1. The van der Waals surface area contributed by atoms with Crippen LogP contribution >= 0.6 is 0 Å². The molecule has 178 valence electrons. The maximum absolute atomic E-state index is 13.1. The smallest absolute Gasteiger partial charge is 0.274 e. The molecule has 3 N–H and O–H groups in total. The third-order valence-electron chi connectivity index (χ3n) is 6.80. The number of nitrogens with one attached hydrogen (secondary N) is 1. The van der Waals surface area contributed by atoms with Gasteiger partial charge < -0.3 is 30.7 Å². The topological polar surface area (TPSA) is 97.8 Å². The largest absolute Gasteiger partial charge is 0.382 e. The summed E-state index contributed by atoms with van der Waals surface area (Å²) in [5.41, 5.74) is 6.96. The number of nitrogens with zero attached hydrogens (tertiary/aromatic N) is 5. The van der Waals surface area contributed by atoms with Gasteiger partial charge in [-0.05, 0) is 32.6 Å². The van der Waals surface area contributed by atoms with Crippen LogP contribution in [0.4, 0.5) is 5.82 Å². The summed E-state index contributed by atoms with van der Waals surface area (Å²) in [6, 6.07) is 5.65. The first-order chi connectivity index (χ1) is 15.4. The summed E-state index contributed by atoms with van der Waals surface area (Å²) in [5.74, 6) is 0.779.